The summed E-state index contributed by atoms with van der Waals surface area (Å²) in [5, 5.41) is 9.29. The van der Waals surface area contributed by atoms with Crippen molar-refractivity contribution in [3.05, 3.63) is 46.6 Å². The van der Waals surface area contributed by atoms with E-state index in [1.165, 1.54) is 16.9 Å². The summed E-state index contributed by atoms with van der Waals surface area (Å²) in [4.78, 5) is 8.60. The summed E-state index contributed by atoms with van der Waals surface area (Å²) in [6, 6.07) is 8.28. The van der Waals surface area contributed by atoms with Crippen molar-refractivity contribution in [2.24, 2.45) is 0 Å². The van der Waals surface area contributed by atoms with Gasteiger partial charge < -0.3 is 9.84 Å². The van der Waals surface area contributed by atoms with Crippen LogP contribution < -0.4 is 5.32 Å². The summed E-state index contributed by atoms with van der Waals surface area (Å²) in [5.74, 6) is 1.16. The van der Waals surface area contributed by atoms with Gasteiger partial charge >= 0.3 is 0 Å². The van der Waals surface area contributed by atoms with E-state index in [0.29, 0.717) is 11.7 Å². The number of nitrogens with zero attached hydrogens (tertiary/aromatic N) is 3. The fourth-order valence-electron chi connectivity index (χ4n) is 2.25. The second-order valence-electron chi connectivity index (χ2n) is 4.39. The maximum Gasteiger partial charge on any atom is 0.249 e. The van der Waals surface area contributed by atoms with Crippen molar-refractivity contribution in [2.45, 2.75) is 12.5 Å². The van der Waals surface area contributed by atoms with Crippen molar-refractivity contribution in [2.75, 3.05) is 5.32 Å². The molecule has 5 nitrogen and oxygen atoms in total. The first-order valence-corrected chi connectivity index (χ1v) is 6.91. The van der Waals surface area contributed by atoms with Crippen molar-refractivity contribution < 1.29 is 4.52 Å². The van der Waals surface area contributed by atoms with Gasteiger partial charge in [-0.05, 0) is 11.6 Å². The van der Waals surface area contributed by atoms with Crippen LogP contribution in [0.5, 0.6) is 0 Å². The molecular formula is C13H10N4OS. The van der Waals surface area contributed by atoms with E-state index in [2.05, 4.69) is 32.6 Å². The molecule has 1 atom stereocenters. The first kappa shape index (κ1) is 10.7. The van der Waals surface area contributed by atoms with Gasteiger partial charge in [-0.15, -0.1) is 11.3 Å². The lowest BCUT2D eigenvalue weighted by atomic mass is 10.1. The highest BCUT2D eigenvalue weighted by Gasteiger charge is 2.26. The third-order valence-electron chi connectivity index (χ3n) is 3.17. The Morgan fingerprint density at radius 1 is 1.32 bits per heavy atom. The maximum atomic E-state index is 5.34. The molecule has 0 spiro atoms. The minimum Gasteiger partial charge on any atom is -0.373 e. The summed E-state index contributed by atoms with van der Waals surface area (Å²) < 4.78 is 5.34. The predicted octanol–water partition coefficient (Wildman–Crippen LogP) is 2.90. The van der Waals surface area contributed by atoms with Crippen LogP contribution in [-0.4, -0.2) is 15.1 Å². The third-order valence-corrected chi connectivity index (χ3v) is 3.76. The van der Waals surface area contributed by atoms with E-state index >= 15 is 0 Å². The molecule has 94 valence electrons. The first-order valence-electron chi connectivity index (χ1n) is 5.97. The molecule has 1 unspecified atom stereocenters. The molecule has 1 aliphatic heterocycles. The Morgan fingerprint density at radius 3 is 3.11 bits per heavy atom. The molecule has 0 amide bonds. The van der Waals surface area contributed by atoms with E-state index in [0.717, 1.165) is 17.8 Å². The highest BCUT2D eigenvalue weighted by molar-refractivity contribution is 7.07. The SMILES string of the molecule is c1ccc2c(c1)CC(c1nc(-c3cscn3)no1)N2. The first-order chi connectivity index (χ1) is 9.40. The number of anilines is 1. The lowest BCUT2D eigenvalue weighted by Gasteiger charge is -2.04. The molecule has 4 rings (SSSR count). The normalized spacial score (nSPS) is 17.2. The van der Waals surface area contributed by atoms with Gasteiger partial charge in [0.25, 0.3) is 0 Å². The van der Waals surface area contributed by atoms with Crippen LogP contribution in [0.25, 0.3) is 11.5 Å². The van der Waals surface area contributed by atoms with E-state index in [-0.39, 0.29) is 6.04 Å². The van der Waals surface area contributed by atoms with Crippen LogP contribution in [0.2, 0.25) is 0 Å². The molecule has 0 radical (unpaired) electrons. The Kier molecular flexibility index (Phi) is 2.34. The Bertz CT molecular complexity index is 682. The van der Waals surface area contributed by atoms with Gasteiger partial charge in [-0.1, -0.05) is 23.4 Å². The van der Waals surface area contributed by atoms with E-state index in [1.54, 1.807) is 5.51 Å². The van der Waals surface area contributed by atoms with Gasteiger partial charge in [-0.3, -0.25) is 0 Å². The molecule has 19 heavy (non-hydrogen) atoms. The van der Waals surface area contributed by atoms with Crippen LogP contribution in [0.4, 0.5) is 5.69 Å². The number of aromatic nitrogens is 3. The van der Waals surface area contributed by atoms with E-state index < -0.39 is 0 Å². The average Bonchev–Trinajstić information content (AvgIpc) is 3.17. The van der Waals surface area contributed by atoms with Gasteiger partial charge in [0.05, 0.1) is 5.51 Å². The topological polar surface area (TPSA) is 63.8 Å². The number of hydrogen-bond donors (Lipinski definition) is 1. The molecule has 1 aromatic carbocycles. The number of nitrogens with one attached hydrogen (secondary N) is 1. The van der Waals surface area contributed by atoms with E-state index in [1.807, 2.05) is 17.5 Å². The molecule has 0 saturated carbocycles. The summed E-state index contributed by atoms with van der Waals surface area (Å²) in [5.41, 5.74) is 4.94. The predicted molar refractivity (Wildman–Crippen MR) is 71.9 cm³/mol. The number of para-hydroxylation sites is 1. The smallest absolute Gasteiger partial charge is 0.249 e. The molecule has 0 aliphatic carbocycles. The zero-order valence-electron chi connectivity index (χ0n) is 9.91. The average molecular weight is 270 g/mol. The highest BCUT2D eigenvalue weighted by Crippen LogP contribution is 2.33. The van der Waals surface area contributed by atoms with E-state index in [4.69, 9.17) is 4.52 Å². The van der Waals surface area contributed by atoms with Gasteiger partial charge in [0.2, 0.25) is 11.7 Å². The molecule has 3 heterocycles. The van der Waals surface area contributed by atoms with Crippen LogP contribution in [0.1, 0.15) is 17.5 Å². The van der Waals surface area contributed by atoms with Crippen molar-refractivity contribution in [3.63, 3.8) is 0 Å². The number of thiazole rings is 1. The molecule has 3 aromatic rings. The quantitative estimate of drug-likeness (QED) is 0.775. The Balaban J connectivity index is 1.62. The number of hydrogen-bond acceptors (Lipinski definition) is 6. The molecule has 6 heteroatoms. The summed E-state index contributed by atoms with van der Waals surface area (Å²) in [6.07, 6.45) is 0.870. The summed E-state index contributed by atoms with van der Waals surface area (Å²) >= 11 is 1.52. The number of benzene rings is 1. The zero-order chi connectivity index (χ0) is 12.7. The van der Waals surface area contributed by atoms with Gasteiger partial charge in [-0.2, -0.15) is 4.98 Å². The minimum absolute atomic E-state index is 0.0530. The van der Waals surface area contributed by atoms with Gasteiger partial charge in [0.1, 0.15) is 11.7 Å². The third kappa shape index (κ3) is 1.80. The fraction of sp³-hybridized carbons (Fsp3) is 0.154. The fourth-order valence-corrected chi connectivity index (χ4v) is 2.78. The molecular weight excluding hydrogens is 260 g/mol. The van der Waals surface area contributed by atoms with Crippen LogP contribution in [0.15, 0.2) is 39.7 Å². The van der Waals surface area contributed by atoms with E-state index in [9.17, 15) is 0 Å². The lowest BCUT2D eigenvalue weighted by Crippen LogP contribution is -2.05. The Hall–Kier alpha value is -2.21. The summed E-state index contributed by atoms with van der Waals surface area (Å²) in [6.45, 7) is 0. The zero-order valence-corrected chi connectivity index (χ0v) is 10.7. The van der Waals surface area contributed by atoms with Gasteiger partial charge in [0, 0.05) is 17.5 Å². The van der Waals surface area contributed by atoms with Crippen LogP contribution >= 0.6 is 11.3 Å². The molecule has 0 fully saturated rings. The van der Waals surface area contributed by atoms with Crippen LogP contribution in [-0.2, 0) is 6.42 Å². The highest BCUT2D eigenvalue weighted by atomic mass is 32.1. The van der Waals surface area contributed by atoms with Crippen molar-refractivity contribution in [1.82, 2.24) is 15.1 Å². The largest absolute Gasteiger partial charge is 0.373 e. The standard InChI is InChI=1S/C13H10N4OS/c1-2-4-9-8(3-1)5-10(15-9)13-16-12(17-18-13)11-6-19-7-14-11/h1-4,6-7,10,15H,5H2. The molecule has 2 aromatic heterocycles. The molecule has 0 saturated heterocycles. The second kappa shape index (κ2) is 4.17. The van der Waals surface area contributed by atoms with Crippen LogP contribution in [0, 0.1) is 0 Å². The van der Waals surface area contributed by atoms with Gasteiger partial charge in [0.15, 0.2) is 0 Å². The molecule has 0 bridgehead atoms. The number of rotatable bonds is 2. The Morgan fingerprint density at radius 2 is 2.26 bits per heavy atom. The number of fused-ring (bicyclic) bond motifs is 1. The van der Waals surface area contributed by atoms with Crippen molar-refractivity contribution >= 4 is 17.0 Å². The summed E-state index contributed by atoms with van der Waals surface area (Å²) in [7, 11) is 0. The Labute approximate surface area is 113 Å². The monoisotopic (exact) mass is 270 g/mol. The maximum absolute atomic E-state index is 5.34. The van der Waals surface area contributed by atoms with Crippen LogP contribution in [0.3, 0.4) is 0 Å². The molecule has 1 aliphatic rings. The lowest BCUT2D eigenvalue weighted by molar-refractivity contribution is 0.364. The minimum atomic E-state index is 0.0530. The molecule has 1 N–H and O–H groups in total. The van der Waals surface area contributed by atoms with Crippen molar-refractivity contribution in [3.8, 4) is 11.5 Å². The van der Waals surface area contributed by atoms with Crippen molar-refractivity contribution in [1.29, 1.82) is 0 Å². The van der Waals surface area contributed by atoms with Gasteiger partial charge in [-0.25, -0.2) is 4.98 Å². The second-order valence-corrected chi connectivity index (χ2v) is 5.11.